The van der Waals surface area contributed by atoms with Crippen LogP contribution in [0.3, 0.4) is 0 Å². The molecule has 1 aliphatic heterocycles. The number of ether oxygens (including phenoxy) is 1. The van der Waals surface area contributed by atoms with Crippen molar-refractivity contribution >= 4 is 11.8 Å². The molecule has 3 aliphatic rings. The Morgan fingerprint density at radius 2 is 1.54 bits per heavy atom. The topological polar surface area (TPSA) is 21.3 Å². The molecule has 0 bridgehead atoms. The number of fused-ring (bicyclic) bond motifs is 1. The van der Waals surface area contributed by atoms with E-state index in [4.69, 9.17) is 4.74 Å². The molecule has 1 saturated heterocycles. The summed E-state index contributed by atoms with van der Waals surface area (Å²) in [6.45, 7) is 4.25. The maximum atomic E-state index is 5.55. The summed E-state index contributed by atoms with van der Waals surface area (Å²) in [6, 6.07) is 25.9. The molecule has 3 aromatic rings. The normalized spacial score (nSPS) is 23.6. The number of hydrogen-bond acceptors (Lipinski definition) is 2. The number of allylic oxidation sites excluding steroid dienone is 1. The van der Waals surface area contributed by atoms with Crippen LogP contribution < -0.4 is 5.32 Å². The van der Waals surface area contributed by atoms with Gasteiger partial charge in [0.15, 0.2) is 0 Å². The highest BCUT2D eigenvalue weighted by Crippen LogP contribution is 2.40. The van der Waals surface area contributed by atoms with Crippen LogP contribution in [-0.2, 0) is 17.6 Å². The first-order valence-corrected chi connectivity index (χ1v) is 14.5. The van der Waals surface area contributed by atoms with E-state index in [9.17, 15) is 0 Å². The molecule has 0 radical (unpaired) electrons. The number of nitrogens with one attached hydrogen (secondary N) is 1. The van der Waals surface area contributed by atoms with Crippen molar-refractivity contribution in [1.29, 1.82) is 0 Å². The second kappa shape index (κ2) is 11.3. The molecule has 2 nitrogen and oxygen atoms in total. The fourth-order valence-electron chi connectivity index (χ4n) is 6.61. The average Bonchev–Trinajstić information content (AvgIpc) is 3.37. The van der Waals surface area contributed by atoms with Crippen molar-refractivity contribution < 1.29 is 4.74 Å². The molecule has 0 spiro atoms. The van der Waals surface area contributed by atoms with E-state index in [2.05, 4.69) is 91.1 Å². The quantitative estimate of drug-likeness (QED) is 0.358. The highest BCUT2D eigenvalue weighted by molar-refractivity contribution is 5.72. The third kappa shape index (κ3) is 5.85. The molecule has 192 valence electrons. The molecular formula is C35H41NO. The number of benzene rings is 3. The zero-order valence-corrected chi connectivity index (χ0v) is 22.3. The van der Waals surface area contributed by atoms with Crippen molar-refractivity contribution in [3.8, 4) is 0 Å². The molecule has 1 unspecified atom stereocenters. The molecule has 2 fully saturated rings. The predicted octanol–water partition coefficient (Wildman–Crippen LogP) is 8.40. The van der Waals surface area contributed by atoms with Crippen molar-refractivity contribution in [2.75, 3.05) is 18.5 Å². The summed E-state index contributed by atoms with van der Waals surface area (Å²) in [5.41, 5.74) is 9.86. The number of hydrogen-bond donors (Lipinski definition) is 1. The van der Waals surface area contributed by atoms with E-state index in [1.54, 1.807) is 0 Å². The van der Waals surface area contributed by atoms with Gasteiger partial charge in [-0.25, -0.2) is 0 Å². The molecular weight excluding hydrogens is 450 g/mol. The van der Waals surface area contributed by atoms with Gasteiger partial charge in [0.25, 0.3) is 0 Å². The second-order valence-electron chi connectivity index (χ2n) is 11.7. The lowest BCUT2D eigenvalue weighted by molar-refractivity contribution is 0.0665. The molecule has 37 heavy (non-hydrogen) atoms. The first-order valence-electron chi connectivity index (χ1n) is 14.5. The summed E-state index contributed by atoms with van der Waals surface area (Å²) >= 11 is 0. The lowest BCUT2D eigenvalue weighted by Crippen LogP contribution is -2.25. The molecule has 0 aromatic heterocycles. The van der Waals surface area contributed by atoms with Crippen LogP contribution >= 0.6 is 0 Å². The Bertz CT molecular complexity index is 1200. The van der Waals surface area contributed by atoms with Gasteiger partial charge in [0.05, 0.1) is 0 Å². The van der Waals surface area contributed by atoms with E-state index in [1.807, 2.05) is 0 Å². The van der Waals surface area contributed by atoms with Gasteiger partial charge in [-0.15, -0.1) is 0 Å². The minimum atomic E-state index is 0.338. The molecule has 3 aromatic carbocycles. The van der Waals surface area contributed by atoms with Crippen molar-refractivity contribution in [2.45, 2.75) is 70.3 Å². The Balaban J connectivity index is 1.25. The van der Waals surface area contributed by atoms with Crippen LogP contribution in [0.4, 0.5) is 5.69 Å². The standard InChI is InChI=1S/C35H41NO/c1-25-7-13-31(14-8-25)36-32-23-30(34-16-15-33(35(34)24-32)29-5-3-2-4-6-29)22-27-11-9-26(10-12-27)21-28-17-19-37-20-18-28/h2-6,9-12,15-16,23-25,28,31,33,36H,7-8,13-14,17-22H2,1H3. The zero-order chi connectivity index (χ0) is 25.0. The van der Waals surface area contributed by atoms with Crippen LogP contribution in [0, 0.1) is 11.8 Å². The lowest BCUT2D eigenvalue weighted by Gasteiger charge is -2.28. The highest BCUT2D eigenvalue weighted by Gasteiger charge is 2.24. The predicted molar refractivity (Wildman–Crippen MR) is 155 cm³/mol. The van der Waals surface area contributed by atoms with Gasteiger partial charge in [-0.1, -0.05) is 73.7 Å². The van der Waals surface area contributed by atoms with Crippen molar-refractivity contribution in [2.24, 2.45) is 11.8 Å². The van der Waals surface area contributed by atoms with Gasteiger partial charge in [-0.05, 0) is 109 Å². The summed E-state index contributed by atoms with van der Waals surface area (Å²) in [5, 5.41) is 3.95. The van der Waals surface area contributed by atoms with Gasteiger partial charge >= 0.3 is 0 Å². The van der Waals surface area contributed by atoms with Crippen LogP contribution in [0.25, 0.3) is 6.08 Å². The van der Waals surface area contributed by atoms with E-state index in [0.717, 1.165) is 31.5 Å². The molecule has 2 aliphatic carbocycles. The van der Waals surface area contributed by atoms with Crippen molar-refractivity contribution in [3.05, 3.63) is 106 Å². The summed E-state index contributed by atoms with van der Waals surface area (Å²) in [7, 11) is 0. The Kier molecular flexibility index (Phi) is 7.46. The van der Waals surface area contributed by atoms with Crippen LogP contribution in [0.2, 0.25) is 0 Å². The van der Waals surface area contributed by atoms with Gasteiger partial charge in [0, 0.05) is 30.9 Å². The molecule has 6 rings (SSSR count). The third-order valence-electron chi connectivity index (χ3n) is 8.92. The Morgan fingerprint density at radius 3 is 2.30 bits per heavy atom. The SMILES string of the molecule is CC1CCC(Nc2cc(Cc3ccc(CC4CCOCC4)cc3)c3c(c2)C(c2ccccc2)C=C3)CC1. The third-order valence-corrected chi connectivity index (χ3v) is 8.92. The van der Waals surface area contributed by atoms with Crippen LogP contribution in [0.15, 0.2) is 72.8 Å². The Hall–Kier alpha value is -2.84. The van der Waals surface area contributed by atoms with Gasteiger partial charge in [0.2, 0.25) is 0 Å². The molecule has 1 saturated carbocycles. The molecule has 2 heteroatoms. The summed E-state index contributed by atoms with van der Waals surface area (Å²) in [5.74, 6) is 1.98. The first kappa shape index (κ1) is 24.5. The van der Waals surface area contributed by atoms with E-state index >= 15 is 0 Å². The van der Waals surface area contributed by atoms with E-state index < -0.39 is 0 Å². The Labute approximate surface area is 223 Å². The highest BCUT2D eigenvalue weighted by atomic mass is 16.5. The monoisotopic (exact) mass is 491 g/mol. The van der Waals surface area contributed by atoms with Crippen molar-refractivity contribution in [1.82, 2.24) is 0 Å². The van der Waals surface area contributed by atoms with E-state index in [0.29, 0.717) is 12.0 Å². The van der Waals surface area contributed by atoms with E-state index in [1.165, 1.54) is 84.0 Å². The minimum absolute atomic E-state index is 0.338. The van der Waals surface area contributed by atoms with Gasteiger partial charge < -0.3 is 10.1 Å². The molecule has 1 atom stereocenters. The van der Waals surface area contributed by atoms with Crippen LogP contribution in [-0.4, -0.2) is 19.3 Å². The molecule has 0 amide bonds. The van der Waals surface area contributed by atoms with Gasteiger partial charge in [-0.2, -0.15) is 0 Å². The Morgan fingerprint density at radius 1 is 0.811 bits per heavy atom. The largest absolute Gasteiger partial charge is 0.382 e. The lowest BCUT2D eigenvalue weighted by atomic mass is 9.86. The molecule has 1 N–H and O–H groups in total. The fourth-order valence-corrected chi connectivity index (χ4v) is 6.61. The van der Waals surface area contributed by atoms with Crippen LogP contribution in [0.1, 0.15) is 84.7 Å². The molecule has 1 heterocycles. The van der Waals surface area contributed by atoms with Crippen LogP contribution in [0.5, 0.6) is 0 Å². The second-order valence-corrected chi connectivity index (χ2v) is 11.7. The summed E-state index contributed by atoms with van der Waals surface area (Å²) in [6.07, 6.45) is 14.5. The smallest absolute Gasteiger partial charge is 0.0468 e. The number of anilines is 1. The number of rotatable bonds is 7. The maximum Gasteiger partial charge on any atom is 0.0468 e. The summed E-state index contributed by atoms with van der Waals surface area (Å²) < 4.78 is 5.55. The fraction of sp³-hybridized carbons (Fsp3) is 0.429. The first-order chi connectivity index (χ1) is 18.2. The van der Waals surface area contributed by atoms with Gasteiger partial charge in [-0.3, -0.25) is 0 Å². The minimum Gasteiger partial charge on any atom is -0.382 e. The van der Waals surface area contributed by atoms with Crippen molar-refractivity contribution in [3.63, 3.8) is 0 Å². The summed E-state index contributed by atoms with van der Waals surface area (Å²) in [4.78, 5) is 0. The maximum absolute atomic E-state index is 5.55. The zero-order valence-electron chi connectivity index (χ0n) is 22.3. The van der Waals surface area contributed by atoms with E-state index in [-0.39, 0.29) is 0 Å². The average molecular weight is 492 g/mol. The van der Waals surface area contributed by atoms with Gasteiger partial charge in [0.1, 0.15) is 0 Å².